The topological polar surface area (TPSA) is 17.1 Å². The molecule has 0 radical (unpaired) electrons. The van der Waals surface area contributed by atoms with Gasteiger partial charge in [0.25, 0.3) is 0 Å². The number of carbonyl (C=O) groups excluding carboxylic acids is 1. The van der Waals surface area contributed by atoms with Crippen LogP contribution in [0.2, 0.25) is 0 Å². The van der Waals surface area contributed by atoms with Crippen LogP contribution >= 0.6 is 0 Å². The van der Waals surface area contributed by atoms with Crippen LogP contribution in [-0.2, 0) is 11.2 Å². The Balaban J connectivity index is 2.59. The summed E-state index contributed by atoms with van der Waals surface area (Å²) in [5.74, 6) is -12.2. The van der Waals surface area contributed by atoms with Crippen molar-refractivity contribution in [1.29, 1.82) is 0 Å². The van der Waals surface area contributed by atoms with Crippen LogP contribution in [-0.4, -0.2) is 12.0 Å². The van der Waals surface area contributed by atoms with Crippen LogP contribution in [0.1, 0.15) is 31.2 Å². The third kappa shape index (κ3) is 4.17. The van der Waals surface area contributed by atoms with Crippen molar-refractivity contribution >= 4 is 5.78 Å². The van der Waals surface area contributed by atoms with Gasteiger partial charge in [-0.3, -0.25) is 4.79 Å². The zero-order valence-corrected chi connectivity index (χ0v) is 11.0. The van der Waals surface area contributed by atoms with E-state index in [0.29, 0.717) is 0 Å². The van der Waals surface area contributed by atoms with E-state index in [1.54, 1.807) is 0 Å². The van der Waals surface area contributed by atoms with Gasteiger partial charge in [0, 0.05) is 12.0 Å². The molecular weight excluding hydrogens is 324 g/mol. The van der Waals surface area contributed by atoms with Gasteiger partial charge in [-0.25, -0.2) is 22.0 Å². The fourth-order valence-electron chi connectivity index (χ4n) is 1.78. The quantitative estimate of drug-likeness (QED) is 0.321. The van der Waals surface area contributed by atoms with Gasteiger partial charge in [0.15, 0.2) is 23.3 Å². The molecule has 0 aliphatic heterocycles. The third-order valence-corrected chi connectivity index (χ3v) is 2.95. The van der Waals surface area contributed by atoms with Crippen LogP contribution in [0.25, 0.3) is 0 Å². The number of halogens is 8. The normalized spacial score (nSPS) is 11.8. The lowest BCUT2D eigenvalue weighted by Gasteiger charge is -2.08. The molecule has 1 aromatic rings. The van der Waals surface area contributed by atoms with Crippen molar-refractivity contribution in [3.8, 4) is 0 Å². The standard InChI is InChI=1S/C13H10F8O/c14-8-6(9(15)11(17)12(18)10(8)16)4-2-1-3-5-7(22)13(19,20)21/h1-5H2. The lowest BCUT2D eigenvalue weighted by Crippen LogP contribution is -2.22. The molecule has 0 fully saturated rings. The first-order chi connectivity index (χ1) is 10.1. The molecule has 124 valence electrons. The highest BCUT2D eigenvalue weighted by atomic mass is 19.4. The first-order valence-corrected chi connectivity index (χ1v) is 6.17. The van der Waals surface area contributed by atoms with Crippen molar-refractivity contribution < 1.29 is 39.9 Å². The smallest absolute Gasteiger partial charge is 0.290 e. The number of unbranched alkanes of at least 4 members (excludes halogenated alkanes) is 2. The van der Waals surface area contributed by atoms with E-state index in [4.69, 9.17) is 0 Å². The van der Waals surface area contributed by atoms with Crippen molar-refractivity contribution in [2.24, 2.45) is 0 Å². The molecule has 1 nitrogen and oxygen atoms in total. The van der Waals surface area contributed by atoms with Gasteiger partial charge in [-0.15, -0.1) is 0 Å². The van der Waals surface area contributed by atoms with Crippen molar-refractivity contribution in [1.82, 2.24) is 0 Å². The molecule has 0 aromatic heterocycles. The maximum Gasteiger partial charge on any atom is 0.449 e. The van der Waals surface area contributed by atoms with E-state index in [-0.39, 0.29) is 19.3 Å². The van der Waals surface area contributed by atoms with Gasteiger partial charge in [-0.2, -0.15) is 13.2 Å². The minimum absolute atomic E-state index is 0.0265. The molecule has 0 spiro atoms. The molecule has 9 heteroatoms. The molecule has 1 rings (SSSR count). The first kappa shape index (κ1) is 18.4. The summed E-state index contributed by atoms with van der Waals surface area (Å²) >= 11 is 0. The summed E-state index contributed by atoms with van der Waals surface area (Å²) < 4.78 is 101. The van der Waals surface area contributed by atoms with Gasteiger partial charge in [0.1, 0.15) is 0 Å². The summed E-state index contributed by atoms with van der Waals surface area (Å²) in [6.45, 7) is 0. The molecule has 0 atom stereocenters. The van der Waals surface area contributed by atoms with Crippen molar-refractivity contribution in [2.75, 3.05) is 0 Å². The Bertz CT molecular complexity index is 535. The second-order valence-corrected chi connectivity index (χ2v) is 4.53. The summed E-state index contributed by atoms with van der Waals surface area (Å²) in [6, 6.07) is 0. The maximum absolute atomic E-state index is 13.3. The molecule has 0 saturated heterocycles. The molecule has 22 heavy (non-hydrogen) atoms. The predicted octanol–water partition coefficient (Wildman–Crippen LogP) is 4.62. The van der Waals surface area contributed by atoms with E-state index in [9.17, 15) is 39.9 Å². The highest BCUT2D eigenvalue weighted by Gasteiger charge is 2.37. The van der Waals surface area contributed by atoms with Crippen LogP contribution in [0.4, 0.5) is 35.1 Å². The second-order valence-electron chi connectivity index (χ2n) is 4.53. The fraction of sp³-hybridized carbons (Fsp3) is 0.462. The van der Waals surface area contributed by atoms with Gasteiger partial charge in [0.2, 0.25) is 11.6 Å². The van der Waals surface area contributed by atoms with Gasteiger partial charge >= 0.3 is 6.18 Å². The number of Topliss-reactive ketones (excluding diaryl/α,β-unsaturated/α-hetero) is 1. The lowest BCUT2D eigenvalue weighted by atomic mass is 10.0. The zero-order valence-electron chi connectivity index (χ0n) is 11.0. The minimum atomic E-state index is -4.94. The van der Waals surface area contributed by atoms with E-state index < -0.39 is 59.5 Å². The van der Waals surface area contributed by atoms with Crippen LogP contribution in [0.3, 0.4) is 0 Å². The molecule has 0 bridgehead atoms. The summed E-state index contributed by atoms with van der Waals surface area (Å²) in [6.07, 6.45) is -6.62. The average Bonchev–Trinajstić information content (AvgIpc) is 2.44. The number of benzene rings is 1. The third-order valence-electron chi connectivity index (χ3n) is 2.95. The lowest BCUT2D eigenvalue weighted by molar-refractivity contribution is -0.171. The molecule has 0 unspecified atom stereocenters. The summed E-state index contributed by atoms with van der Waals surface area (Å²) in [4.78, 5) is 10.5. The number of rotatable bonds is 6. The number of alkyl halides is 3. The number of hydrogen-bond donors (Lipinski definition) is 0. The first-order valence-electron chi connectivity index (χ1n) is 6.17. The monoisotopic (exact) mass is 334 g/mol. The second kappa shape index (κ2) is 7.06. The molecule has 0 aliphatic rings. The average molecular weight is 334 g/mol. The molecule has 0 heterocycles. The number of hydrogen-bond acceptors (Lipinski definition) is 1. The number of carbonyl (C=O) groups is 1. The van der Waals surface area contributed by atoms with Gasteiger partial charge in [-0.1, -0.05) is 6.42 Å². The van der Waals surface area contributed by atoms with Crippen LogP contribution < -0.4 is 0 Å². The maximum atomic E-state index is 13.3. The fourth-order valence-corrected chi connectivity index (χ4v) is 1.78. The van der Waals surface area contributed by atoms with Crippen molar-refractivity contribution in [3.05, 3.63) is 34.6 Å². The molecule has 0 amide bonds. The van der Waals surface area contributed by atoms with Gasteiger partial charge in [-0.05, 0) is 19.3 Å². The Morgan fingerprint density at radius 1 is 0.727 bits per heavy atom. The van der Waals surface area contributed by atoms with Crippen molar-refractivity contribution in [2.45, 2.75) is 38.3 Å². The molecular formula is C13H10F8O. The zero-order chi connectivity index (χ0) is 17.1. The molecule has 0 N–H and O–H groups in total. The SMILES string of the molecule is O=C(CCCCCc1c(F)c(F)c(F)c(F)c1F)C(F)(F)F. The van der Waals surface area contributed by atoms with E-state index in [2.05, 4.69) is 0 Å². The van der Waals surface area contributed by atoms with Crippen LogP contribution in [0.15, 0.2) is 0 Å². The number of ketones is 1. The largest absolute Gasteiger partial charge is 0.449 e. The highest BCUT2D eigenvalue weighted by Crippen LogP contribution is 2.25. The Morgan fingerprint density at radius 3 is 1.64 bits per heavy atom. The summed E-state index contributed by atoms with van der Waals surface area (Å²) in [5, 5.41) is 0. The molecule has 0 saturated carbocycles. The predicted molar refractivity (Wildman–Crippen MR) is 59.5 cm³/mol. The Morgan fingerprint density at radius 2 is 1.18 bits per heavy atom. The summed E-state index contributed by atoms with van der Waals surface area (Å²) in [7, 11) is 0. The van der Waals surface area contributed by atoms with Gasteiger partial charge < -0.3 is 0 Å². The van der Waals surface area contributed by atoms with Crippen LogP contribution in [0.5, 0.6) is 0 Å². The molecule has 0 aliphatic carbocycles. The van der Waals surface area contributed by atoms with E-state index in [1.807, 2.05) is 0 Å². The van der Waals surface area contributed by atoms with E-state index in [1.165, 1.54) is 0 Å². The Kier molecular flexibility index (Phi) is 5.90. The Labute approximate surface area is 119 Å². The molecule has 1 aromatic carbocycles. The highest BCUT2D eigenvalue weighted by molar-refractivity contribution is 5.83. The van der Waals surface area contributed by atoms with E-state index >= 15 is 0 Å². The van der Waals surface area contributed by atoms with Gasteiger partial charge in [0.05, 0.1) is 0 Å². The van der Waals surface area contributed by atoms with Crippen molar-refractivity contribution in [3.63, 3.8) is 0 Å². The van der Waals surface area contributed by atoms with Crippen LogP contribution in [0, 0.1) is 29.1 Å². The summed E-state index contributed by atoms with van der Waals surface area (Å²) in [5.41, 5.74) is -1.02. The minimum Gasteiger partial charge on any atom is -0.290 e. The Hall–Kier alpha value is -1.67. The van der Waals surface area contributed by atoms with E-state index in [0.717, 1.165) is 0 Å².